The number of aliphatic hydroxyl groups is 2. The molecule has 7 nitrogen and oxygen atoms in total. The molecule has 2 rings (SSSR count). The summed E-state index contributed by atoms with van der Waals surface area (Å²) in [6.45, 7) is -0.123. The van der Waals surface area contributed by atoms with E-state index >= 15 is 0 Å². The third-order valence-corrected chi connectivity index (χ3v) is 2.46. The largest absolute Gasteiger partial charge is 0.396 e. The summed E-state index contributed by atoms with van der Waals surface area (Å²) < 4.78 is 1.46. The van der Waals surface area contributed by atoms with Gasteiger partial charge in [-0.25, -0.2) is 9.98 Å². The number of hydrogen-bond donors (Lipinski definition) is 4. The van der Waals surface area contributed by atoms with E-state index in [1.54, 1.807) is 0 Å². The number of nitrogens with zero attached hydrogens (tertiary/aromatic N) is 3. The Kier molecular flexibility index (Phi) is 2.99. The Bertz CT molecular complexity index is 419. The predicted molar refractivity (Wildman–Crippen MR) is 59.2 cm³/mol. The molecule has 88 valence electrons. The SMILES string of the molecule is NC1=NC(Cl)Nc2c1ncn2C(O)CCO. The van der Waals surface area contributed by atoms with Crippen LogP contribution in [0.1, 0.15) is 18.3 Å². The molecule has 1 aliphatic heterocycles. The van der Waals surface area contributed by atoms with Crippen molar-refractivity contribution in [3.8, 4) is 0 Å². The zero-order valence-corrected chi connectivity index (χ0v) is 9.09. The molecule has 0 saturated heterocycles. The maximum absolute atomic E-state index is 9.74. The second-order valence-electron chi connectivity index (χ2n) is 3.34. The maximum Gasteiger partial charge on any atom is 0.198 e. The van der Waals surface area contributed by atoms with Gasteiger partial charge in [-0.3, -0.25) is 4.57 Å². The summed E-state index contributed by atoms with van der Waals surface area (Å²) in [4.78, 5) is 7.90. The number of imidazole rings is 1. The van der Waals surface area contributed by atoms with E-state index in [1.807, 2.05) is 0 Å². The summed E-state index contributed by atoms with van der Waals surface area (Å²) in [5, 5.41) is 21.3. The Morgan fingerprint density at radius 1 is 1.69 bits per heavy atom. The van der Waals surface area contributed by atoms with Gasteiger partial charge in [-0.05, 0) is 0 Å². The maximum atomic E-state index is 9.74. The van der Waals surface area contributed by atoms with Gasteiger partial charge in [0.05, 0.1) is 6.33 Å². The van der Waals surface area contributed by atoms with Crippen LogP contribution >= 0.6 is 11.6 Å². The summed E-state index contributed by atoms with van der Waals surface area (Å²) >= 11 is 5.80. The number of alkyl halides is 1. The second kappa shape index (κ2) is 4.28. The summed E-state index contributed by atoms with van der Waals surface area (Å²) in [6.07, 6.45) is 0.757. The van der Waals surface area contributed by atoms with Crippen molar-refractivity contribution >= 4 is 23.3 Å². The van der Waals surface area contributed by atoms with Crippen LogP contribution in [0.4, 0.5) is 5.82 Å². The van der Waals surface area contributed by atoms with Gasteiger partial charge in [0.2, 0.25) is 0 Å². The highest BCUT2D eigenvalue weighted by Crippen LogP contribution is 2.25. The molecule has 1 aromatic heterocycles. The van der Waals surface area contributed by atoms with E-state index in [1.165, 1.54) is 10.9 Å². The van der Waals surface area contributed by atoms with E-state index in [0.29, 0.717) is 11.5 Å². The molecule has 0 spiro atoms. The minimum Gasteiger partial charge on any atom is -0.396 e. The fourth-order valence-electron chi connectivity index (χ4n) is 1.50. The molecular formula is C8H12ClN5O2. The summed E-state index contributed by atoms with van der Waals surface area (Å²) in [7, 11) is 0. The zero-order valence-electron chi connectivity index (χ0n) is 8.34. The molecule has 0 bridgehead atoms. The Balaban J connectivity index is 2.34. The third-order valence-electron chi connectivity index (χ3n) is 2.25. The van der Waals surface area contributed by atoms with E-state index in [4.69, 9.17) is 22.4 Å². The van der Waals surface area contributed by atoms with Crippen LogP contribution in [0.15, 0.2) is 11.3 Å². The van der Waals surface area contributed by atoms with Crippen LogP contribution in [0.2, 0.25) is 0 Å². The fourth-order valence-corrected chi connectivity index (χ4v) is 1.71. The van der Waals surface area contributed by atoms with Crippen molar-refractivity contribution in [3.05, 3.63) is 12.0 Å². The predicted octanol–water partition coefficient (Wildman–Crippen LogP) is -0.590. The van der Waals surface area contributed by atoms with Crippen LogP contribution in [0.3, 0.4) is 0 Å². The Morgan fingerprint density at radius 2 is 2.44 bits per heavy atom. The number of anilines is 1. The number of amidine groups is 1. The number of aromatic nitrogens is 2. The number of aliphatic imine (C=N–C) groups is 1. The number of nitrogens with one attached hydrogen (secondary N) is 1. The molecule has 0 aliphatic carbocycles. The molecule has 0 aromatic carbocycles. The van der Waals surface area contributed by atoms with Crippen LogP contribution < -0.4 is 11.1 Å². The van der Waals surface area contributed by atoms with Crippen LogP contribution in [0.25, 0.3) is 0 Å². The van der Waals surface area contributed by atoms with Gasteiger partial charge in [0, 0.05) is 13.0 Å². The van der Waals surface area contributed by atoms with E-state index in [0.717, 1.165) is 0 Å². The number of rotatable bonds is 3. The highest BCUT2D eigenvalue weighted by Gasteiger charge is 2.24. The van der Waals surface area contributed by atoms with Gasteiger partial charge in [-0.2, -0.15) is 0 Å². The van der Waals surface area contributed by atoms with Gasteiger partial charge in [-0.15, -0.1) is 0 Å². The molecule has 1 aliphatic rings. The lowest BCUT2D eigenvalue weighted by Gasteiger charge is -2.20. The van der Waals surface area contributed by atoms with Gasteiger partial charge in [0.1, 0.15) is 17.7 Å². The molecule has 5 N–H and O–H groups in total. The molecule has 0 radical (unpaired) electrons. The molecule has 1 aromatic rings. The smallest absolute Gasteiger partial charge is 0.198 e. The molecule has 8 heteroatoms. The minimum atomic E-state index is -0.872. The summed E-state index contributed by atoms with van der Waals surface area (Å²) in [5.74, 6) is 0.733. The number of halogens is 1. The first-order valence-electron chi connectivity index (χ1n) is 4.73. The summed E-state index contributed by atoms with van der Waals surface area (Å²) in [5.41, 5.74) is 5.42. The quantitative estimate of drug-likeness (QED) is 0.420. The van der Waals surface area contributed by atoms with E-state index in [9.17, 15) is 5.11 Å². The molecule has 0 amide bonds. The number of fused-ring (bicyclic) bond motifs is 1. The lowest BCUT2D eigenvalue weighted by molar-refractivity contribution is 0.0745. The zero-order chi connectivity index (χ0) is 11.7. The number of hydrogen-bond acceptors (Lipinski definition) is 6. The Hall–Kier alpha value is -1.31. The van der Waals surface area contributed by atoms with Crippen molar-refractivity contribution in [2.45, 2.75) is 18.3 Å². The summed E-state index contributed by atoms with van der Waals surface area (Å²) in [6, 6.07) is 0. The van der Waals surface area contributed by atoms with Crippen LogP contribution in [-0.2, 0) is 0 Å². The standard InChI is InChI=1S/C8H12ClN5O2/c9-8-12-6(10)5-7(13-8)14(3-11-5)4(16)1-2-15/h3-4,8,13,15-16H,1-2H2,(H2,10,12). The van der Waals surface area contributed by atoms with Crippen molar-refractivity contribution in [1.29, 1.82) is 0 Å². The van der Waals surface area contributed by atoms with Crippen molar-refractivity contribution in [3.63, 3.8) is 0 Å². The van der Waals surface area contributed by atoms with Crippen LogP contribution in [0, 0.1) is 0 Å². The first kappa shape index (κ1) is 11.2. The normalized spacial score (nSPS) is 20.9. The van der Waals surface area contributed by atoms with Gasteiger partial charge >= 0.3 is 0 Å². The Morgan fingerprint density at radius 3 is 3.12 bits per heavy atom. The van der Waals surface area contributed by atoms with E-state index < -0.39 is 11.9 Å². The van der Waals surface area contributed by atoms with Crippen molar-refractivity contribution in [1.82, 2.24) is 9.55 Å². The number of aliphatic hydroxyl groups excluding tert-OH is 2. The van der Waals surface area contributed by atoms with Crippen molar-refractivity contribution < 1.29 is 10.2 Å². The van der Waals surface area contributed by atoms with Gasteiger partial charge in [-0.1, -0.05) is 11.6 Å². The molecule has 0 fully saturated rings. The van der Waals surface area contributed by atoms with Crippen LogP contribution in [0.5, 0.6) is 0 Å². The average molecular weight is 246 g/mol. The molecule has 2 atom stereocenters. The van der Waals surface area contributed by atoms with Gasteiger partial charge < -0.3 is 21.3 Å². The van der Waals surface area contributed by atoms with Gasteiger partial charge in [0.25, 0.3) is 0 Å². The minimum absolute atomic E-state index is 0.123. The monoisotopic (exact) mass is 245 g/mol. The van der Waals surface area contributed by atoms with Crippen LogP contribution in [-0.4, -0.2) is 37.8 Å². The molecule has 16 heavy (non-hydrogen) atoms. The second-order valence-corrected chi connectivity index (χ2v) is 3.75. The van der Waals surface area contributed by atoms with Gasteiger partial charge in [0.15, 0.2) is 11.5 Å². The molecule has 0 saturated carbocycles. The molecular weight excluding hydrogens is 234 g/mol. The first-order valence-corrected chi connectivity index (χ1v) is 5.17. The van der Waals surface area contributed by atoms with Crippen molar-refractivity contribution in [2.24, 2.45) is 10.7 Å². The van der Waals surface area contributed by atoms with E-state index in [2.05, 4.69) is 15.3 Å². The topological polar surface area (TPSA) is 109 Å². The Labute approximate surface area is 96.6 Å². The van der Waals surface area contributed by atoms with E-state index in [-0.39, 0.29) is 18.9 Å². The number of nitrogens with two attached hydrogens (primary N) is 1. The molecule has 2 heterocycles. The third kappa shape index (κ3) is 1.84. The lowest BCUT2D eigenvalue weighted by atomic mass is 10.3. The average Bonchev–Trinajstić information content (AvgIpc) is 2.61. The molecule has 2 unspecified atom stereocenters. The lowest BCUT2D eigenvalue weighted by Crippen LogP contribution is -2.28. The highest BCUT2D eigenvalue weighted by molar-refractivity contribution is 6.23. The highest BCUT2D eigenvalue weighted by atomic mass is 35.5. The first-order chi connectivity index (χ1) is 7.63. The fraction of sp³-hybridized carbons (Fsp3) is 0.500. The van der Waals surface area contributed by atoms with Crippen molar-refractivity contribution in [2.75, 3.05) is 11.9 Å².